The summed E-state index contributed by atoms with van der Waals surface area (Å²) in [6, 6.07) is 13.7. The number of halogens is 1. The molecule has 28 heavy (non-hydrogen) atoms. The van der Waals surface area contributed by atoms with Crippen LogP contribution in [0.15, 0.2) is 57.6 Å². The molecule has 0 N–H and O–H groups in total. The van der Waals surface area contributed by atoms with Crippen molar-refractivity contribution in [2.45, 2.75) is 20.0 Å². The molecule has 0 aromatic heterocycles. The molecule has 0 spiro atoms. The molecule has 7 heteroatoms. The van der Waals surface area contributed by atoms with E-state index in [1.807, 2.05) is 42.5 Å². The number of hydrogen-bond acceptors (Lipinski definition) is 6. The summed E-state index contributed by atoms with van der Waals surface area (Å²) < 4.78 is 13.0. The average molecular weight is 478 g/mol. The molecule has 0 amide bonds. The standard InChI is InChI=1S/C21H20BrNO3S2/c1-3-9-27-21-23-17(20(24)28-21)11-15-10-16(22)19(18(12-15)25-2)26-13-14-7-5-4-6-8-14/h4-8,10-12H,3,9,13H2,1-2H3/b17-11+. The molecule has 0 aliphatic carbocycles. The number of carbonyl (C=O) groups excluding carboxylic acids is 1. The van der Waals surface area contributed by atoms with Crippen LogP contribution in [0.25, 0.3) is 6.08 Å². The highest BCUT2D eigenvalue weighted by molar-refractivity contribution is 9.10. The van der Waals surface area contributed by atoms with Gasteiger partial charge >= 0.3 is 0 Å². The highest BCUT2D eigenvalue weighted by atomic mass is 79.9. The first kappa shape index (κ1) is 21.0. The fourth-order valence-corrected chi connectivity index (χ4v) is 4.83. The van der Waals surface area contributed by atoms with Crippen molar-refractivity contribution in [1.29, 1.82) is 0 Å². The van der Waals surface area contributed by atoms with Crippen LogP contribution in [0.4, 0.5) is 0 Å². The molecule has 0 radical (unpaired) electrons. The third-order valence-electron chi connectivity index (χ3n) is 3.81. The molecule has 0 saturated carbocycles. The Morgan fingerprint density at radius 3 is 2.75 bits per heavy atom. The van der Waals surface area contributed by atoms with Gasteiger partial charge in [-0.3, -0.25) is 4.79 Å². The van der Waals surface area contributed by atoms with E-state index in [0.29, 0.717) is 23.8 Å². The fraction of sp³-hybridized carbons (Fsp3) is 0.238. The lowest BCUT2D eigenvalue weighted by Gasteiger charge is -2.13. The van der Waals surface area contributed by atoms with E-state index in [-0.39, 0.29) is 5.12 Å². The Balaban J connectivity index is 1.81. The molecular formula is C21H20BrNO3S2. The minimum Gasteiger partial charge on any atom is -0.493 e. The van der Waals surface area contributed by atoms with Crippen LogP contribution in [0.3, 0.4) is 0 Å². The Kier molecular flexibility index (Phi) is 7.65. The number of rotatable bonds is 7. The van der Waals surface area contributed by atoms with E-state index in [4.69, 9.17) is 9.47 Å². The number of methoxy groups -OCH3 is 1. The molecule has 1 aliphatic heterocycles. The Labute approximate surface area is 181 Å². The zero-order chi connectivity index (χ0) is 19.9. The summed E-state index contributed by atoms with van der Waals surface area (Å²) in [5.74, 6) is 2.18. The largest absolute Gasteiger partial charge is 0.493 e. The summed E-state index contributed by atoms with van der Waals surface area (Å²) >= 11 is 6.37. The molecule has 0 saturated heterocycles. The van der Waals surface area contributed by atoms with Crippen LogP contribution in [0, 0.1) is 0 Å². The first-order chi connectivity index (χ1) is 13.6. The summed E-state index contributed by atoms with van der Waals surface area (Å²) in [7, 11) is 1.60. The molecule has 2 aromatic rings. The van der Waals surface area contributed by atoms with E-state index >= 15 is 0 Å². The Morgan fingerprint density at radius 2 is 2.04 bits per heavy atom. The maximum Gasteiger partial charge on any atom is 0.244 e. The predicted molar refractivity (Wildman–Crippen MR) is 122 cm³/mol. The number of aliphatic imine (C=N–C) groups is 1. The van der Waals surface area contributed by atoms with Gasteiger partial charge in [-0.1, -0.05) is 49.0 Å². The number of hydrogen-bond donors (Lipinski definition) is 0. The van der Waals surface area contributed by atoms with Crippen molar-refractivity contribution in [2.75, 3.05) is 12.9 Å². The van der Waals surface area contributed by atoms with E-state index < -0.39 is 0 Å². The maximum absolute atomic E-state index is 12.2. The Bertz CT molecular complexity index is 913. The van der Waals surface area contributed by atoms with Gasteiger partial charge < -0.3 is 9.47 Å². The van der Waals surface area contributed by atoms with Crippen molar-refractivity contribution in [3.8, 4) is 11.5 Å². The lowest BCUT2D eigenvalue weighted by Crippen LogP contribution is -1.99. The second-order valence-corrected chi connectivity index (χ2v) is 9.11. The van der Waals surface area contributed by atoms with Gasteiger partial charge in [-0.15, -0.1) is 0 Å². The zero-order valence-corrected chi connectivity index (χ0v) is 18.8. The fourth-order valence-electron chi connectivity index (χ4n) is 2.49. The Hall–Kier alpha value is -1.70. The maximum atomic E-state index is 12.2. The van der Waals surface area contributed by atoms with Crippen molar-refractivity contribution in [3.05, 3.63) is 63.8 Å². The summed E-state index contributed by atoms with van der Waals surface area (Å²) in [6.07, 6.45) is 2.83. The molecule has 0 atom stereocenters. The number of benzene rings is 2. The Morgan fingerprint density at radius 1 is 1.25 bits per heavy atom. The average Bonchev–Trinajstić information content (AvgIpc) is 3.05. The van der Waals surface area contributed by atoms with Crippen LogP contribution < -0.4 is 9.47 Å². The number of carbonyl (C=O) groups is 1. The van der Waals surface area contributed by atoms with Gasteiger partial charge in [0.15, 0.2) is 11.5 Å². The number of nitrogens with zero attached hydrogens (tertiary/aromatic N) is 1. The van der Waals surface area contributed by atoms with Crippen molar-refractivity contribution in [2.24, 2.45) is 4.99 Å². The number of thioether (sulfide) groups is 2. The molecule has 4 nitrogen and oxygen atoms in total. The van der Waals surface area contributed by atoms with Gasteiger partial charge in [0.1, 0.15) is 16.7 Å². The molecule has 3 rings (SSSR count). The van der Waals surface area contributed by atoms with E-state index in [0.717, 1.165) is 32.1 Å². The van der Waals surface area contributed by atoms with Crippen molar-refractivity contribution in [3.63, 3.8) is 0 Å². The van der Waals surface area contributed by atoms with Gasteiger partial charge in [0.2, 0.25) is 5.12 Å². The molecule has 0 fully saturated rings. The van der Waals surface area contributed by atoms with E-state index in [9.17, 15) is 4.79 Å². The molecule has 146 valence electrons. The van der Waals surface area contributed by atoms with Crippen LogP contribution in [-0.2, 0) is 11.4 Å². The van der Waals surface area contributed by atoms with E-state index in [1.54, 1.807) is 24.9 Å². The lowest BCUT2D eigenvalue weighted by molar-refractivity contribution is -0.107. The third kappa shape index (κ3) is 5.43. The molecule has 0 unspecified atom stereocenters. The van der Waals surface area contributed by atoms with Gasteiger partial charge in [0.05, 0.1) is 11.6 Å². The van der Waals surface area contributed by atoms with Crippen LogP contribution in [0.2, 0.25) is 0 Å². The van der Waals surface area contributed by atoms with Gasteiger partial charge in [-0.25, -0.2) is 4.99 Å². The van der Waals surface area contributed by atoms with Crippen LogP contribution >= 0.6 is 39.5 Å². The predicted octanol–water partition coefficient (Wildman–Crippen LogP) is 6.15. The second kappa shape index (κ2) is 10.2. The molecule has 1 aliphatic rings. The summed E-state index contributed by atoms with van der Waals surface area (Å²) in [5.41, 5.74) is 2.35. The van der Waals surface area contributed by atoms with Gasteiger partial charge in [0, 0.05) is 0 Å². The van der Waals surface area contributed by atoms with Crippen LogP contribution in [-0.4, -0.2) is 22.4 Å². The number of ether oxygens (including phenoxy) is 2. The smallest absolute Gasteiger partial charge is 0.244 e. The SMILES string of the molecule is CCCSC1=N/C(=C/c2cc(Br)c(OCc3ccccc3)c(OC)c2)C(=O)S1. The first-order valence-electron chi connectivity index (χ1n) is 8.80. The normalized spacial score (nSPS) is 15.0. The summed E-state index contributed by atoms with van der Waals surface area (Å²) in [4.78, 5) is 16.7. The highest BCUT2D eigenvalue weighted by Crippen LogP contribution is 2.39. The van der Waals surface area contributed by atoms with Gasteiger partial charge in [0.25, 0.3) is 0 Å². The van der Waals surface area contributed by atoms with Gasteiger partial charge in [-0.2, -0.15) is 0 Å². The first-order valence-corrected chi connectivity index (χ1v) is 11.4. The third-order valence-corrected chi connectivity index (χ3v) is 6.62. The monoisotopic (exact) mass is 477 g/mol. The van der Waals surface area contributed by atoms with Crippen molar-refractivity contribution < 1.29 is 14.3 Å². The highest BCUT2D eigenvalue weighted by Gasteiger charge is 2.22. The minimum absolute atomic E-state index is 0.0295. The minimum atomic E-state index is -0.0295. The van der Waals surface area contributed by atoms with Crippen LogP contribution in [0.5, 0.6) is 11.5 Å². The van der Waals surface area contributed by atoms with E-state index in [1.165, 1.54) is 11.8 Å². The second-order valence-electron chi connectivity index (χ2n) is 5.95. The summed E-state index contributed by atoms with van der Waals surface area (Å²) in [6.45, 7) is 2.55. The molecule has 0 bridgehead atoms. The lowest BCUT2D eigenvalue weighted by atomic mass is 10.1. The summed E-state index contributed by atoms with van der Waals surface area (Å²) in [5, 5.41) is -0.0295. The topological polar surface area (TPSA) is 47.9 Å². The van der Waals surface area contributed by atoms with Crippen LogP contribution in [0.1, 0.15) is 24.5 Å². The van der Waals surface area contributed by atoms with E-state index in [2.05, 4.69) is 27.8 Å². The molecule has 1 heterocycles. The van der Waals surface area contributed by atoms with Gasteiger partial charge in [-0.05, 0) is 69.2 Å². The zero-order valence-electron chi connectivity index (χ0n) is 15.6. The molecule has 2 aromatic carbocycles. The van der Waals surface area contributed by atoms with Crippen molar-refractivity contribution in [1.82, 2.24) is 0 Å². The quantitative estimate of drug-likeness (QED) is 0.447. The van der Waals surface area contributed by atoms with Crippen molar-refractivity contribution >= 4 is 55.0 Å². The molecular weight excluding hydrogens is 458 g/mol.